The molecule has 0 aromatic heterocycles. The standard InChI is InChI=1S/C7H15BrN2O3S/c1-2-4-9-7(11)3-5-10-14(12,13)6-8/h10H,2-6H2,1H3,(H,9,11). The van der Waals surface area contributed by atoms with Gasteiger partial charge >= 0.3 is 0 Å². The summed E-state index contributed by atoms with van der Waals surface area (Å²) in [5.41, 5.74) is 0. The number of hydrogen-bond acceptors (Lipinski definition) is 3. The number of carbonyl (C=O) groups excluding carboxylic acids is 1. The number of sulfonamides is 1. The van der Waals surface area contributed by atoms with Crippen LogP contribution in [0.5, 0.6) is 0 Å². The van der Waals surface area contributed by atoms with Crippen LogP contribution >= 0.6 is 15.9 Å². The number of nitrogens with one attached hydrogen (secondary N) is 2. The Kier molecular flexibility index (Phi) is 7.12. The summed E-state index contributed by atoms with van der Waals surface area (Å²) in [7, 11) is -3.25. The van der Waals surface area contributed by atoms with Crippen molar-refractivity contribution in [2.75, 3.05) is 17.8 Å². The van der Waals surface area contributed by atoms with E-state index in [0.717, 1.165) is 6.42 Å². The Labute approximate surface area is 92.8 Å². The summed E-state index contributed by atoms with van der Waals surface area (Å²) in [5.74, 6) is -0.135. The van der Waals surface area contributed by atoms with E-state index in [9.17, 15) is 13.2 Å². The second kappa shape index (κ2) is 7.19. The molecule has 0 atom stereocenters. The fraction of sp³-hybridized carbons (Fsp3) is 0.857. The first kappa shape index (κ1) is 13.9. The van der Waals surface area contributed by atoms with E-state index in [-0.39, 0.29) is 23.5 Å². The highest BCUT2D eigenvalue weighted by Crippen LogP contribution is 1.90. The molecule has 2 N–H and O–H groups in total. The second-order valence-corrected chi connectivity index (χ2v) is 5.83. The topological polar surface area (TPSA) is 75.3 Å². The highest BCUT2D eigenvalue weighted by Gasteiger charge is 2.07. The molecule has 0 aromatic rings. The molecule has 0 bridgehead atoms. The summed E-state index contributed by atoms with van der Waals surface area (Å²) in [5, 5.41) is 2.65. The average molecular weight is 287 g/mol. The number of alkyl halides is 1. The number of halogens is 1. The lowest BCUT2D eigenvalue weighted by Gasteiger charge is -2.04. The maximum Gasteiger partial charge on any atom is 0.221 e. The van der Waals surface area contributed by atoms with Crippen LogP contribution in [-0.2, 0) is 14.8 Å². The zero-order chi connectivity index (χ0) is 11.0. The van der Waals surface area contributed by atoms with Gasteiger partial charge in [-0.3, -0.25) is 4.79 Å². The Balaban J connectivity index is 3.59. The normalized spacial score (nSPS) is 11.3. The van der Waals surface area contributed by atoms with Crippen LogP contribution in [0.1, 0.15) is 19.8 Å². The predicted molar refractivity (Wildman–Crippen MR) is 58.6 cm³/mol. The minimum atomic E-state index is -3.25. The van der Waals surface area contributed by atoms with E-state index in [1.54, 1.807) is 0 Å². The van der Waals surface area contributed by atoms with Crippen molar-refractivity contribution in [3.63, 3.8) is 0 Å². The van der Waals surface area contributed by atoms with Crippen molar-refractivity contribution in [2.24, 2.45) is 0 Å². The quantitative estimate of drug-likeness (QED) is 0.656. The highest BCUT2D eigenvalue weighted by atomic mass is 79.9. The maximum atomic E-state index is 11.0. The van der Waals surface area contributed by atoms with E-state index >= 15 is 0 Å². The molecule has 0 rings (SSSR count). The first-order valence-electron chi connectivity index (χ1n) is 4.32. The van der Waals surface area contributed by atoms with Crippen molar-refractivity contribution < 1.29 is 13.2 Å². The summed E-state index contributed by atoms with van der Waals surface area (Å²) < 4.78 is 23.9. The number of carbonyl (C=O) groups is 1. The fourth-order valence-electron chi connectivity index (χ4n) is 0.711. The van der Waals surface area contributed by atoms with Crippen molar-refractivity contribution in [1.29, 1.82) is 0 Å². The van der Waals surface area contributed by atoms with Crippen LogP contribution in [-0.4, -0.2) is 32.1 Å². The molecule has 0 aliphatic heterocycles. The van der Waals surface area contributed by atoms with Gasteiger partial charge in [-0.1, -0.05) is 22.9 Å². The molecule has 0 fully saturated rings. The largest absolute Gasteiger partial charge is 0.356 e. The molecule has 0 aliphatic rings. The monoisotopic (exact) mass is 286 g/mol. The van der Waals surface area contributed by atoms with Crippen LogP contribution in [0.2, 0.25) is 0 Å². The lowest BCUT2D eigenvalue weighted by Crippen LogP contribution is -2.31. The molecule has 14 heavy (non-hydrogen) atoms. The molecule has 0 heterocycles. The molecule has 7 heteroatoms. The summed E-state index contributed by atoms with van der Waals surface area (Å²) in [6.07, 6.45) is 1.05. The Morgan fingerprint density at radius 1 is 1.36 bits per heavy atom. The van der Waals surface area contributed by atoms with Gasteiger partial charge in [0, 0.05) is 19.5 Å². The zero-order valence-corrected chi connectivity index (χ0v) is 10.4. The maximum absolute atomic E-state index is 11.0. The first-order chi connectivity index (χ1) is 6.52. The smallest absolute Gasteiger partial charge is 0.221 e. The lowest BCUT2D eigenvalue weighted by molar-refractivity contribution is -0.120. The number of rotatable bonds is 7. The van der Waals surface area contributed by atoms with E-state index in [0.29, 0.717) is 6.54 Å². The van der Waals surface area contributed by atoms with Gasteiger partial charge < -0.3 is 5.32 Å². The van der Waals surface area contributed by atoms with Gasteiger partial charge in [-0.05, 0) is 6.42 Å². The van der Waals surface area contributed by atoms with Gasteiger partial charge in [0.25, 0.3) is 0 Å². The van der Waals surface area contributed by atoms with Gasteiger partial charge in [-0.25, -0.2) is 13.1 Å². The van der Waals surface area contributed by atoms with Gasteiger partial charge in [-0.2, -0.15) is 0 Å². The number of amides is 1. The third-order valence-corrected chi connectivity index (χ3v) is 4.13. The van der Waals surface area contributed by atoms with Crippen LogP contribution in [0.4, 0.5) is 0 Å². The minimum absolute atomic E-state index is 0.135. The van der Waals surface area contributed by atoms with Crippen LogP contribution in [0, 0.1) is 0 Å². The molecule has 0 aromatic carbocycles. The fourth-order valence-corrected chi connectivity index (χ4v) is 1.69. The van der Waals surface area contributed by atoms with Crippen molar-refractivity contribution in [3.8, 4) is 0 Å². The van der Waals surface area contributed by atoms with E-state index < -0.39 is 10.0 Å². The molecule has 84 valence electrons. The number of hydrogen-bond donors (Lipinski definition) is 2. The highest BCUT2D eigenvalue weighted by molar-refractivity contribution is 9.10. The molecule has 0 unspecified atom stereocenters. The van der Waals surface area contributed by atoms with Gasteiger partial charge in [-0.15, -0.1) is 0 Å². The Morgan fingerprint density at radius 2 is 2.00 bits per heavy atom. The molecule has 0 spiro atoms. The molecule has 0 radical (unpaired) electrons. The van der Waals surface area contributed by atoms with Gasteiger partial charge in [0.1, 0.15) is 4.66 Å². The van der Waals surface area contributed by atoms with Crippen molar-refractivity contribution in [2.45, 2.75) is 19.8 Å². The van der Waals surface area contributed by atoms with E-state index in [4.69, 9.17) is 0 Å². The first-order valence-corrected chi connectivity index (χ1v) is 7.09. The van der Waals surface area contributed by atoms with Crippen molar-refractivity contribution in [3.05, 3.63) is 0 Å². The van der Waals surface area contributed by atoms with Crippen LogP contribution in [0.25, 0.3) is 0 Å². The second-order valence-electron chi connectivity index (χ2n) is 2.72. The molecule has 0 aliphatic carbocycles. The van der Waals surface area contributed by atoms with E-state index in [1.807, 2.05) is 6.92 Å². The summed E-state index contributed by atoms with van der Waals surface area (Å²) in [4.78, 5) is 11.0. The van der Waals surface area contributed by atoms with Crippen LogP contribution < -0.4 is 10.0 Å². The van der Waals surface area contributed by atoms with Crippen LogP contribution in [0.3, 0.4) is 0 Å². The lowest BCUT2D eigenvalue weighted by atomic mass is 10.4. The predicted octanol–water partition coefficient (Wildman–Crippen LogP) is 0.175. The van der Waals surface area contributed by atoms with Crippen molar-refractivity contribution >= 4 is 31.9 Å². The molecule has 1 amide bonds. The SMILES string of the molecule is CCCNC(=O)CCNS(=O)(=O)CBr. The van der Waals surface area contributed by atoms with Gasteiger partial charge in [0.05, 0.1) is 0 Å². The summed E-state index contributed by atoms with van der Waals surface area (Å²) >= 11 is 2.83. The third kappa shape index (κ3) is 7.28. The van der Waals surface area contributed by atoms with E-state index in [1.165, 1.54) is 0 Å². The molecular weight excluding hydrogens is 272 g/mol. The minimum Gasteiger partial charge on any atom is -0.356 e. The Morgan fingerprint density at radius 3 is 2.50 bits per heavy atom. The van der Waals surface area contributed by atoms with Crippen LogP contribution in [0.15, 0.2) is 0 Å². The van der Waals surface area contributed by atoms with Gasteiger partial charge in [0.15, 0.2) is 0 Å². The van der Waals surface area contributed by atoms with Crippen molar-refractivity contribution in [1.82, 2.24) is 10.0 Å². The van der Waals surface area contributed by atoms with Gasteiger partial charge in [0.2, 0.25) is 15.9 Å². The molecule has 5 nitrogen and oxygen atoms in total. The molecule has 0 saturated heterocycles. The average Bonchev–Trinajstić information content (AvgIpc) is 2.14. The third-order valence-electron chi connectivity index (χ3n) is 1.39. The zero-order valence-electron chi connectivity index (χ0n) is 8.05. The summed E-state index contributed by atoms with van der Waals surface area (Å²) in [6, 6.07) is 0. The summed E-state index contributed by atoms with van der Waals surface area (Å²) in [6.45, 7) is 2.72. The Bertz CT molecular complexity index is 266. The Hall–Kier alpha value is -0.140. The molecular formula is C7H15BrN2O3S. The molecule has 0 saturated carbocycles. The van der Waals surface area contributed by atoms with E-state index in [2.05, 4.69) is 26.0 Å².